The SMILES string of the molecule is O=c1[nH]c(-c2c(Cl)ccc(Cl)c2Cl)nc2ccccc12. The number of nitrogens with one attached hydrogen (secondary N) is 1. The molecule has 0 unspecified atom stereocenters. The summed E-state index contributed by atoms with van der Waals surface area (Å²) >= 11 is 18.3. The van der Waals surface area contributed by atoms with Gasteiger partial charge >= 0.3 is 0 Å². The molecule has 0 spiro atoms. The van der Waals surface area contributed by atoms with Crippen molar-refractivity contribution in [2.75, 3.05) is 0 Å². The van der Waals surface area contributed by atoms with Crippen LogP contribution in [0.1, 0.15) is 0 Å². The van der Waals surface area contributed by atoms with E-state index in [0.717, 1.165) is 0 Å². The Hall–Kier alpha value is -1.55. The van der Waals surface area contributed by atoms with Gasteiger partial charge in [0.15, 0.2) is 0 Å². The lowest BCUT2D eigenvalue weighted by Gasteiger charge is -2.08. The number of aromatic nitrogens is 2. The van der Waals surface area contributed by atoms with Gasteiger partial charge in [0, 0.05) is 0 Å². The smallest absolute Gasteiger partial charge is 0.259 e. The van der Waals surface area contributed by atoms with Crippen molar-refractivity contribution in [2.24, 2.45) is 0 Å². The average molecular weight is 326 g/mol. The Balaban J connectivity index is 2.36. The molecular formula is C14H7Cl3N2O. The van der Waals surface area contributed by atoms with E-state index in [-0.39, 0.29) is 10.6 Å². The third-order valence-corrected chi connectivity index (χ3v) is 4.01. The second-order valence-corrected chi connectivity index (χ2v) is 5.34. The molecule has 0 saturated carbocycles. The van der Waals surface area contributed by atoms with Crippen LogP contribution in [-0.2, 0) is 0 Å². The van der Waals surface area contributed by atoms with Crippen molar-refractivity contribution in [2.45, 2.75) is 0 Å². The molecule has 2 aromatic carbocycles. The molecule has 100 valence electrons. The number of H-pyrrole nitrogens is 1. The molecule has 0 aliphatic heterocycles. The third kappa shape index (κ3) is 2.18. The van der Waals surface area contributed by atoms with Crippen LogP contribution in [0.4, 0.5) is 0 Å². The zero-order valence-electron chi connectivity index (χ0n) is 9.95. The van der Waals surface area contributed by atoms with E-state index in [1.807, 2.05) is 0 Å². The van der Waals surface area contributed by atoms with Gasteiger partial charge in [-0.2, -0.15) is 0 Å². The van der Waals surface area contributed by atoms with Gasteiger partial charge in [0.25, 0.3) is 5.56 Å². The molecule has 3 nitrogen and oxygen atoms in total. The van der Waals surface area contributed by atoms with E-state index in [9.17, 15) is 4.79 Å². The highest BCUT2D eigenvalue weighted by Gasteiger charge is 2.15. The van der Waals surface area contributed by atoms with Gasteiger partial charge in [-0.15, -0.1) is 0 Å². The number of hydrogen-bond acceptors (Lipinski definition) is 2. The Morgan fingerprint density at radius 3 is 2.45 bits per heavy atom. The van der Waals surface area contributed by atoms with Crippen LogP contribution in [0, 0.1) is 0 Å². The van der Waals surface area contributed by atoms with Crippen LogP contribution in [0.2, 0.25) is 15.1 Å². The summed E-state index contributed by atoms with van der Waals surface area (Å²) in [6.07, 6.45) is 0. The highest BCUT2D eigenvalue weighted by atomic mass is 35.5. The molecular weight excluding hydrogens is 319 g/mol. The standard InChI is InChI=1S/C14H7Cl3N2O/c15-8-5-6-9(16)12(17)11(8)13-18-10-4-2-1-3-7(10)14(20)19-13/h1-6H,(H,18,19,20). The fourth-order valence-corrected chi connectivity index (χ4v) is 2.66. The fraction of sp³-hybridized carbons (Fsp3) is 0. The van der Waals surface area contributed by atoms with Gasteiger partial charge in [0.2, 0.25) is 0 Å². The maximum atomic E-state index is 12.1. The molecule has 0 aliphatic carbocycles. The van der Waals surface area contributed by atoms with Gasteiger partial charge in [0.05, 0.1) is 31.5 Å². The number of nitrogens with zero attached hydrogens (tertiary/aromatic N) is 1. The van der Waals surface area contributed by atoms with Crippen LogP contribution >= 0.6 is 34.8 Å². The maximum Gasteiger partial charge on any atom is 0.259 e. The van der Waals surface area contributed by atoms with Crippen LogP contribution < -0.4 is 5.56 Å². The van der Waals surface area contributed by atoms with E-state index >= 15 is 0 Å². The van der Waals surface area contributed by atoms with Crippen molar-refractivity contribution >= 4 is 45.7 Å². The molecule has 1 N–H and O–H groups in total. The Labute approximate surface area is 129 Å². The number of para-hydroxylation sites is 1. The summed E-state index contributed by atoms with van der Waals surface area (Å²) in [6, 6.07) is 10.2. The number of fused-ring (bicyclic) bond motifs is 1. The minimum atomic E-state index is -0.252. The predicted octanol–water partition coefficient (Wildman–Crippen LogP) is 4.55. The number of hydrogen-bond donors (Lipinski definition) is 1. The lowest BCUT2D eigenvalue weighted by Crippen LogP contribution is -2.09. The molecule has 0 radical (unpaired) electrons. The molecule has 3 rings (SSSR count). The molecule has 3 aromatic rings. The molecule has 0 amide bonds. The Morgan fingerprint density at radius 2 is 1.65 bits per heavy atom. The van der Waals surface area contributed by atoms with E-state index in [1.54, 1.807) is 36.4 Å². The quantitative estimate of drug-likeness (QED) is 0.667. The van der Waals surface area contributed by atoms with Crippen molar-refractivity contribution in [1.29, 1.82) is 0 Å². The van der Waals surface area contributed by atoms with Gasteiger partial charge in [-0.05, 0) is 24.3 Å². The van der Waals surface area contributed by atoms with Crippen molar-refractivity contribution in [3.05, 3.63) is 61.8 Å². The summed E-state index contributed by atoms with van der Waals surface area (Å²) in [6.45, 7) is 0. The van der Waals surface area contributed by atoms with E-state index in [2.05, 4.69) is 9.97 Å². The Morgan fingerprint density at radius 1 is 0.950 bits per heavy atom. The molecule has 0 fully saturated rings. The Bertz CT molecular complexity index is 874. The van der Waals surface area contributed by atoms with Crippen LogP contribution in [0.5, 0.6) is 0 Å². The van der Waals surface area contributed by atoms with E-state index in [0.29, 0.717) is 32.3 Å². The Kier molecular flexibility index (Phi) is 3.42. The summed E-state index contributed by atoms with van der Waals surface area (Å²) in [7, 11) is 0. The van der Waals surface area contributed by atoms with Crippen molar-refractivity contribution in [3.8, 4) is 11.4 Å². The average Bonchev–Trinajstić information content (AvgIpc) is 2.44. The summed E-state index contributed by atoms with van der Waals surface area (Å²) in [5.74, 6) is 0.297. The first-order chi connectivity index (χ1) is 9.58. The third-order valence-electron chi connectivity index (χ3n) is 2.89. The number of rotatable bonds is 1. The van der Waals surface area contributed by atoms with Crippen molar-refractivity contribution in [1.82, 2.24) is 9.97 Å². The van der Waals surface area contributed by atoms with Crippen LogP contribution in [0.25, 0.3) is 22.3 Å². The molecule has 0 bridgehead atoms. The largest absolute Gasteiger partial charge is 0.306 e. The first-order valence-corrected chi connectivity index (χ1v) is 6.84. The maximum absolute atomic E-state index is 12.1. The summed E-state index contributed by atoms with van der Waals surface area (Å²) < 4.78 is 0. The molecule has 20 heavy (non-hydrogen) atoms. The second-order valence-electron chi connectivity index (χ2n) is 4.15. The zero-order valence-corrected chi connectivity index (χ0v) is 12.2. The molecule has 0 atom stereocenters. The summed E-state index contributed by atoms with van der Waals surface area (Å²) in [5.41, 5.74) is 0.736. The van der Waals surface area contributed by atoms with Gasteiger partial charge in [-0.1, -0.05) is 46.9 Å². The van der Waals surface area contributed by atoms with Crippen LogP contribution in [0.15, 0.2) is 41.2 Å². The lowest BCUT2D eigenvalue weighted by atomic mass is 10.2. The zero-order chi connectivity index (χ0) is 14.3. The van der Waals surface area contributed by atoms with Gasteiger partial charge in [-0.3, -0.25) is 4.79 Å². The fourth-order valence-electron chi connectivity index (χ4n) is 1.95. The predicted molar refractivity (Wildman–Crippen MR) is 82.8 cm³/mol. The van der Waals surface area contributed by atoms with Gasteiger partial charge in [-0.25, -0.2) is 4.98 Å². The molecule has 0 saturated heterocycles. The molecule has 1 aromatic heterocycles. The normalized spacial score (nSPS) is 10.9. The number of benzene rings is 2. The summed E-state index contributed by atoms with van der Waals surface area (Å²) in [5, 5.41) is 1.49. The van der Waals surface area contributed by atoms with Gasteiger partial charge in [0.1, 0.15) is 5.82 Å². The van der Waals surface area contributed by atoms with Crippen LogP contribution in [-0.4, -0.2) is 9.97 Å². The lowest BCUT2D eigenvalue weighted by molar-refractivity contribution is 1.18. The number of aromatic amines is 1. The molecule has 1 heterocycles. The monoisotopic (exact) mass is 324 g/mol. The topological polar surface area (TPSA) is 45.8 Å². The van der Waals surface area contributed by atoms with E-state index in [4.69, 9.17) is 34.8 Å². The van der Waals surface area contributed by atoms with Gasteiger partial charge < -0.3 is 4.98 Å². The molecule has 0 aliphatic rings. The van der Waals surface area contributed by atoms with E-state index < -0.39 is 0 Å². The first-order valence-electron chi connectivity index (χ1n) is 5.71. The van der Waals surface area contributed by atoms with E-state index in [1.165, 1.54) is 0 Å². The first kappa shape index (κ1) is 13.4. The minimum Gasteiger partial charge on any atom is -0.306 e. The van der Waals surface area contributed by atoms with Crippen LogP contribution in [0.3, 0.4) is 0 Å². The molecule has 6 heteroatoms. The summed E-state index contributed by atoms with van der Waals surface area (Å²) in [4.78, 5) is 19.1. The van der Waals surface area contributed by atoms with Crippen molar-refractivity contribution in [3.63, 3.8) is 0 Å². The minimum absolute atomic E-state index is 0.252. The second kappa shape index (κ2) is 5.09. The highest BCUT2D eigenvalue weighted by molar-refractivity contribution is 6.46. The van der Waals surface area contributed by atoms with Crippen molar-refractivity contribution < 1.29 is 0 Å². The number of halogens is 3. The highest BCUT2D eigenvalue weighted by Crippen LogP contribution is 2.37.